The monoisotopic (exact) mass is 371 g/mol. The molecule has 1 aromatic heterocycles. The molecule has 2 heterocycles. The Hall–Kier alpha value is -1.87. The maximum Gasteiger partial charge on any atom is 0.354 e. The summed E-state index contributed by atoms with van der Waals surface area (Å²) in [5, 5.41) is 2.77. The number of ether oxygens (including phenoxy) is 1. The zero-order valence-corrected chi connectivity index (χ0v) is 15.8. The number of hydrogen-bond donors (Lipinski definition) is 1. The summed E-state index contributed by atoms with van der Waals surface area (Å²) in [6.45, 7) is 5.82. The molecule has 1 aliphatic heterocycles. The first-order valence-corrected chi connectivity index (χ1v) is 9.78. The molecule has 0 aromatic carbocycles. The second-order valence-electron chi connectivity index (χ2n) is 6.33. The van der Waals surface area contributed by atoms with Gasteiger partial charge in [0.1, 0.15) is 16.6 Å². The molecule has 0 aliphatic carbocycles. The van der Waals surface area contributed by atoms with Crippen LogP contribution in [0.4, 0.5) is 0 Å². The van der Waals surface area contributed by atoms with Crippen LogP contribution in [0.15, 0.2) is 17.2 Å². The predicted octanol–water partition coefficient (Wildman–Crippen LogP) is 0.879. The summed E-state index contributed by atoms with van der Waals surface area (Å²) in [5.41, 5.74) is 0.155. The molecule has 25 heavy (non-hydrogen) atoms. The summed E-state index contributed by atoms with van der Waals surface area (Å²) in [4.78, 5) is 24.2. The van der Waals surface area contributed by atoms with E-state index in [9.17, 15) is 18.0 Å². The minimum atomic E-state index is -3.87. The minimum Gasteiger partial charge on any atom is -0.461 e. The van der Waals surface area contributed by atoms with Crippen LogP contribution in [0.3, 0.4) is 0 Å². The van der Waals surface area contributed by atoms with E-state index in [0.29, 0.717) is 12.8 Å². The van der Waals surface area contributed by atoms with E-state index in [1.54, 1.807) is 14.0 Å². The number of esters is 1. The normalized spacial score (nSPS) is 18.5. The summed E-state index contributed by atoms with van der Waals surface area (Å²) in [7, 11) is -2.29. The first-order valence-electron chi connectivity index (χ1n) is 8.34. The van der Waals surface area contributed by atoms with E-state index in [1.807, 2.05) is 13.8 Å². The molecular formula is C16H25N3O5S. The molecule has 140 valence electrons. The van der Waals surface area contributed by atoms with E-state index >= 15 is 0 Å². The first-order chi connectivity index (χ1) is 11.7. The van der Waals surface area contributed by atoms with Gasteiger partial charge < -0.3 is 14.6 Å². The summed E-state index contributed by atoms with van der Waals surface area (Å²) < 4.78 is 33.5. The molecule has 0 unspecified atom stereocenters. The molecule has 0 radical (unpaired) electrons. The Morgan fingerprint density at radius 1 is 1.40 bits per heavy atom. The van der Waals surface area contributed by atoms with Crippen molar-refractivity contribution in [2.45, 2.75) is 50.6 Å². The molecule has 8 nitrogen and oxygen atoms in total. The van der Waals surface area contributed by atoms with Crippen LogP contribution in [0.5, 0.6) is 0 Å². The van der Waals surface area contributed by atoms with Crippen LogP contribution in [0.1, 0.15) is 44.1 Å². The second kappa shape index (κ2) is 7.57. The maximum absolute atomic E-state index is 13.0. The fourth-order valence-corrected chi connectivity index (χ4v) is 4.62. The Labute approximate surface area is 148 Å². The molecule has 1 fully saturated rings. The van der Waals surface area contributed by atoms with E-state index in [1.165, 1.54) is 21.1 Å². The number of hydrogen-bond acceptors (Lipinski definition) is 5. The predicted molar refractivity (Wildman–Crippen MR) is 91.6 cm³/mol. The summed E-state index contributed by atoms with van der Waals surface area (Å²) in [6, 6.07) is 0.506. The third kappa shape index (κ3) is 4.04. The van der Waals surface area contributed by atoms with Crippen molar-refractivity contribution in [3.63, 3.8) is 0 Å². The lowest BCUT2D eigenvalue weighted by Crippen LogP contribution is -2.47. The number of rotatable bonds is 6. The Bertz CT molecular complexity index is 754. The third-order valence-corrected chi connectivity index (χ3v) is 5.88. The molecule has 0 saturated carbocycles. The standard InChI is InChI=1S/C16H25N3O5S/c1-5-24-16(21)14-9-12(10-18(14)4)25(22,23)19-8-6-7-13(19)15(20)17-11(2)3/h9-11,13H,5-8H2,1-4H3,(H,17,20)/t13-/m0/s1. The highest BCUT2D eigenvalue weighted by Gasteiger charge is 2.40. The van der Waals surface area contributed by atoms with Gasteiger partial charge in [-0.2, -0.15) is 4.31 Å². The van der Waals surface area contributed by atoms with Crippen molar-refractivity contribution in [3.05, 3.63) is 18.0 Å². The van der Waals surface area contributed by atoms with Crippen LogP contribution in [0.2, 0.25) is 0 Å². The molecule has 1 aromatic rings. The lowest BCUT2D eigenvalue weighted by atomic mass is 10.2. The number of nitrogens with one attached hydrogen (secondary N) is 1. The summed E-state index contributed by atoms with van der Waals surface area (Å²) in [5.74, 6) is -0.875. The summed E-state index contributed by atoms with van der Waals surface area (Å²) >= 11 is 0. The number of aromatic nitrogens is 1. The third-order valence-electron chi connectivity index (χ3n) is 4.01. The highest BCUT2D eigenvalue weighted by Crippen LogP contribution is 2.27. The van der Waals surface area contributed by atoms with Crippen molar-refractivity contribution in [2.24, 2.45) is 7.05 Å². The number of aryl methyl sites for hydroxylation is 1. The number of carbonyl (C=O) groups is 2. The van der Waals surface area contributed by atoms with Gasteiger partial charge in [-0.15, -0.1) is 0 Å². The van der Waals surface area contributed by atoms with Gasteiger partial charge in [0.2, 0.25) is 15.9 Å². The SMILES string of the molecule is CCOC(=O)c1cc(S(=O)(=O)N2CCC[C@H]2C(=O)NC(C)C)cn1C. The van der Waals surface area contributed by atoms with Gasteiger partial charge in [0, 0.05) is 25.8 Å². The van der Waals surface area contributed by atoms with Crippen LogP contribution in [-0.4, -0.2) is 54.4 Å². The van der Waals surface area contributed by atoms with Gasteiger partial charge in [0.05, 0.1) is 6.61 Å². The van der Waals surface area contributed by atoms with Gasteiger partial charge in [0.15, 0.2) is 0 Å². The molecule has 9 heteroatoms. The minimum absolute atomic E-state index is 0.0118. The topological polar surface area (TPSA) is 97.7 Å². The number of nitrogens with zero attached hydrogens (tertiary/aromatic N) is 2. The molecule has 1 aliphatic rings. The molecule has 1 N–H and O–H groups in total. The lowest BCUT2D eigenvalue weighted by Gasteiger charge is -2.23. The van der Waals surface area contributed by atoms with Gasteiger partial charge in [-0.1, -0.05) is 0 Å². The van der Waals surface area contributed by atoms with Gasteiger partial charge in [-0.25, -0.2) is 13.2 Å². The largest absolute Gasteiger partial charge is 0.461 e. The highest BCUT2D eigenvalue weighted by molar-refractivity contribution is 7.89. The fraction of sp³-hybridized carbons (Fsp3) is 0.625. The van der Waals surface area contributed by atoms with Crippen LogP contribution < -0.4 is 5.32 Å². The molecule has 1 amide bonds. The highest BCUT2D eigenvalue weighted by atomic mass is 32.2. The zero-order valence-electron chi connectivity index (χ0n) is 15.0. The van der Waals surface area contributed by atoms with Gasteiger partial charge in [-0.05, 0) is 39.7 Å². The quantitative estimate of drug-likeness (QED) is 0.749. The Morgan fingerprint density at radius 3 is 2.68 bits per heavy atom. The van der Waals surface area contributed by atoms with Crippen LogP contribution in [-0.2, 0) is 26.6 Å². The summed E-state index contributed by atoms with van der Waals surface area (Å²) in [6.07, 6.45) is 2.47. The zero-order chi connectivity index (χ0) is 18.8. The average Bonchev–Trinajstić information content (AvgIpc) is 3.13. The van der Waals surface area contributed by atoms with Crippen molar-refractivity contribution in [3.8, 4) is 0 Å². The Balaban J connectivity index is 2.30. The van der Waals surface area contributed by atoms with Crippen molar-refractivity contribution in [1.29, 1.82) is 0 Å². The maximum atomic E-state index is 13.0. The molecule has 2 rings (SSSR count). The van der Waals surface area contributed by atoms with Gasteiger partial charge >= 0.3 is 5.97 Å². The number of amides is 1. The smallest absolute Gasteiger partial charge is 0.354 e. The van der Waals surface area contributed by atoms with Crippen molar-refractivity contribution in [2.75, 3.05) is 13.2 Å². The van der Waals surface area contributed by atoms with Crippen molar-refractivity contribution < 1.29 is 22.7 Å². The van der Waals surface area contributed by atoms with E-state index in [-0.39, 0.29) is 35.7 Å². The average molecular weight is 371 g/mol. The van der Waals surface area contributed by atoms with Crippen LogP contribution >= 0.6 is 0 Å². The Morgan fingerprint density at radius 2 is 2.08 bits per heavy atom. The first kappa shape index (κ1) is 19.5. The molecule has 1 atom stereocenters. The van der Waals surface area contributed by atoms with Crippen molar-refractivity contribution >= 4 is 21.9 Å². The van der Waals surface area contributed by atoms with E-state index < -0.39 is 22.0 Å². The van der Waals surface area contributed by atoms with E-state index in [0.717, 1.165) is 0 Å². The second-order valence-corrected chi connectivity index (χ2v) is 8.22. The lowest BCUT2D eigenvalue weighted by molar-refractivity contribution is -0.124. The van der Waals surface area contributed by atoms with Crippen LogP contribution in [0, 0.1) is 0 Å². The van der Waals surface area contributed by atoms with E-state index in [4.69, 9.17) is 4.74 Å². The molecular weight excluding hydrogens is 346 g/mol. The van der Waals surface area contributed by atoms with Gasteiger partial charge in [0.25, 0.3) is 0 Å². The number of carbonyl (C=O) groups excluding carboxylic acids is 2. The Kier molecular flexibility index (Phi) is 5.89. The number of sulfonamides is 1. The fourth-order valence-electron chi connectivity index (χ4n) is 2.89. The van der Waals surface area contributed by atoms with Gasteiger partial charge in [-0.3, -0.25) is 4.79 Å². The van der Waals surface area contributed by atoms with Crippen molar-refractivity contribution in [1.82, 2.24) is 14.2 Å². The molecule has 0 spiro atoms. The van der Waals surface area contributed by atoms with E-state index in [2.05, 4.69) is 5.32 Å². The molecule has 0 bridgehead atoms. The molecule has 1 saturated heterocycles. The van der Waals surface area contributed by atoms with Crippen LogP contribution in [0.25, 0.3) is 0 Å².